The van der Waals surface area contributed by atoms with E-state index in [-0.39, 0.29) is 11.7 Å². The highest BCUT2D eigenvalue weighted by Crippen LogP contribution is 2.31. The van der Waals surface area contributed by atoms with Gasteiger partial charge in [0.25, 0.3) is 5.91 Å². The minimum atomic E-state index is -0.349. The van der Waals surface area contributed by atoms with E-state index in [4.69, 9.17) is 0 Å². The number of carbonyl (C=O) groups is 1. The molecule has 1 aromatic carbocycles. The Morgan fingerprint density at radius 3 is 2.80 bits per heavy atom. The van der Waals surface area contributed by atoms with Gasteiger partial charge in [-0.05, 0) is 58.4 Å². The number of amides is 1. The number of carbonyl (C=O) groups excluding carboxylic acids is 1. The normalized spacial score (nSPS) is 14.3. The van der Waals surface area contributed by atoms with Crippen molar-refractivity contribution in [3.05, 3.63) is 56.4 Å². The van der Waals surface area contributed by atoms with Gasteiger partial charge in [-0.3, -0.25) is 4.79 Å². The Morgan fingerprint density at radius 2 is 2.20 bits per heavy atom. The van der Waals surface area contributed by atoms with Crippen LogP contribution in [-0.4, -0.2) is 16.8 Å². The van der Waals surface area contributed by atoms with Crippen LogP contribution in [0.25, 0.3) is 0 Å². The van der Waals surface area contributed by atoms with Crippen molar-refractivity contribution in [1.82, 2.24) is 4.90 Å². The zero-order chi connectivity index (χ0) is 14.1. The van der Waals surface area contributed by atoms with Crippen molar-refractivity contribution in [2.24, 2.45) is 0 Å². The molecular formula is C15H13BrFNOS. The van der Waals surface area contributed by atoms with E-state index in [0.29, 0.717) is 22.6 Å². The minimum Gasteiger partial charge on any atom is -0.331 e. The van der Waals surface area contributed by atoms with Crippen molar-refractivity contribution in [2.75, 3.05) is 0 Å². The van der Waals surface area contributed by atoms with E-state index in [9.17, 15) is 9.18 Å². The minimum absolute atomic E-state index is 0.0263. The molecule has 0 atom stereocenters. The first kappa shape index (κ1) is 13.8. The predicted molar refractivity (Wildman–Crippen MR) is 81.3 cm³/mol. The first-order valence-corrected chi connectivity index (χ1v) is 8.11. The number of hydrogen-bond donors (Lipinski definition) is 0. The molecule has 1 amide bonds. The Labute approximate surface area is 129 Å². The second-order valence-corrected chi connectivity index (χ2v) is 6.76. The van der Waals surface area contributed by atoms with Gasteiger partial charge in [-0.15, -0.1) is 11.3 Å². The summed E-state index contributed by atoms with van der Waals surface area (Å²) in [6.45, 7) is 0.635. The van der Waals surface area contributed by atoms with Crippen LogP contribution in [0, 0.1) is 5.82 Å². The van der Waals surface area contributed by atoms with Crippen molar-refractivity contribution in [2.45, 2.75) is 25.4 Å². The van der Waals surface area contributed by atoms with E-state index in [1.807, 2.05) is 22.4 Å². The molecule has 2 aromatic rings. The predicted octanol–water partition coefficient (Wildman–Crippen LogP) is 4.45. The van der Waals surface area contributed by atoms with Gasteiger partial charge in [-0.25, -0.2) is 4.39 Å². The van der Waals surface area contributed by atoms with Crippen molar-refractivity contribution in [1.29, 1.82) is 0 Å². The third-order valence-electron chi connectivity index (χ3n) is 3.32. The maximum atomic E-state index is 13.3. The fraction of sp³-hybridized carbons (Fsp3) is 0.267. The average molecular weight is 354 g/mol. The van der Waals surface area contributed by atoms with Crippen molar-refractivity contribution >= 4 is 33.2 Å². The Morgan fingerprint density at radius 1 is 1.40 bits per heavy atom. The van der Waals surface area contributed by atoms with E-state index in [1.165, 1.54) is 10.9 Å². The first-order valence-electron chi connectivity index (χ1n) is 6.43. The summed E-state index contributed by atoms with van der Waals surface area (Å²) in [5, 5.41) is 2.01. The molecular weight excluding hydrogens is 341 g/mol. The van der Waals surface area contributed by atoms with Crippen LogP contribution in [0.3, 0.4) is 0 Å². The molecule has 1 heterocycles. The Kier molecular flexibility index (Phi) is 3.89. The number of thiophene rings is 1. The van der Waals surface area contributed by atoms with Crippen LogP contribution < -0.4 is 0 Å². The number of nitrogens with zero attached hydrogens (tertiary/aromatic N) is 1. The quantitative estimate of drug-likeness (QED) is 0.794. The monoisotopic (exact) mass is 353 g/mol. The van der Waals surface area contributed by atoms with E-state index in [0.717, 1.165) is 12.8 Å². The molecule has 0 saturated heterocycles. The Hall–Kier alpha value is -1.20. The molecule has 0 N–H and O–H groups in total. The Bertz CT molecular complexity index is 625. The van der Waals surface area contributed by atoms with Crippen LogP contribution in [-0.2, 0) is 6.54 Å². The van der Waals surface area contributed by atoms with Gasteiger partial charge < -0.3 is 4.90 Å². The van der Waals surface area contributed by atoms with Gasteiger partial charge >= 0.3 is 0 Å². The van der Waals surface area contributed by atoms with Crippen molar-refractivity contribution in [3.8, 4) is 0 Å². The van der Waals surface area contributed by atoms with Crippen LogP contribution in [0.4, 0.5) is 4.39 Å². The molecule has 0 spiro atoms. The number of benzene rings is 1. The molecule has 1 aromatic heterocycles. The van der Waals surface area contributed by atoms with Crippen LogP contribution in [0.15, 0.2) is 40.2 Å². The molecule has 104 valence electrons. The molecule has 1 fully saturated rings. The maximum Gasteiger partial charge on any atom is 0.254 e. The van der Waals surface area contributed by atoms with Gasteiger partial charge in [0, 0.05) is 16.5 Å². The van der Waals surface area contributed by atoms with E-state index in [2.05, 4.69) is 15.9 Å². The lowest BCUT2D eigenvalue weighted by molar-refractivity contribution is 0.0731. The lowest BCUT2D eigenvalue weighted by atomic mass is 10.2. The molecule has 0 radical (unpaired) electrons. The fourth-order valence-corrected chi connectivity index (χ4v) is 3.20. The molecule has 1 aliphatic carbocycles. The van der Waals surface area contributed by atoms with Crippen molar-refractivity contribution in [3.63, 3.8) is 0 Å². The molecule has 1 saturated carbocycles. The largest absolute Gasteiger partial charge is 0.331 e. The van der Waals surface area contributed by atoms with E-state index < -0.39 is 0 Å². The standard InChI is InChI=1S/C15H13BrFNOS/c16-13-8-10(3-6-14(13)17)15(19)18(11-4-5-11)9-12-2-1-7-20-12/h1-3,6-8,11H,4-5,9H2. The highest BCUT2D eigenvalue weighted by molar-refractivity contribution is 9.10. The zero-order valence-electron chi connectivity index (χ0n) is 10.7. The highest BCUT2D eigenvalue weighted by atomic mass is 79.9. The second-order valence-electron chi connectivity index (χ2n) is 4.87. The molecule has 0 bridgehead atoms. The number of rotatable bonds is 4. The van der Waals surface area contributed by atoms with Gasteiger partial charge in [-0.2, -0.15) is 0 Å². The molecule has 1 aliphatic rings. The van der Waals surface area contributed by atoms with Crippen LogP contribution in [0.2, 0.25) is 0 Å². The second kappa shape index (κ2) is 5.66. The molecule has 20 heavy (non-hydrogen) atoms. The van der Waals surface area contributed by atoms with Gasteiger partial charge in [0.1, 0.15) is 5.82 Å². The number of hydrogen-bond acceptors (Lipinski definition) is 2. The summed E-state index contributed by atoms with van der Waals surface area (Å²) in [6, 6.07) is 8.78. The zero-order valence-corrected chi connectivity index (χ0v) is 13.1. The Balaban J connectivity index is 1.83. The molecule has 5 heteroatoms. The summed E-state index contributed by atoms with van der Waals surface area (Å²) in [6.07, 6.45) is 2.11. The summed E-state index contributed by atoms with van der Waals surface area (Å²) in [5.74, 6) is -0.376. The van der Waals surface area contributed by atoms with E-state index in [1.54, 1.807) is 23.5 Å². The van der Waals surface area contributed by atoms with Gasteiger partial charge in [0.15, 0.2) is 0 Å². The van der Waals surface area contributed by atoms with Gasteiger partial charge in [-0.1, -0.05) is 6.07 Å². The molecule has 0 unspecified atom stereocenters. The topological polar surface area (TPSA) is 20.3 Å². The molecule has 0 aliphatic heterocycles. The third kappa shape index (κ3) is 2.94. The summed E-state index contributed by atoms with van der Waals surface area (Å²) in [4.78, 5) is 15.7. The van der Waals surface area contributed by atoms with Crippen LogP contribution in [0.5, 0.6) is 0 Å². The summed E-state index contributed by atoms with van der Waals surface area (Å²) >= 11 is 4.78. The lowest BCUT2D eigenvalue weighted by Gasteiger charge is -2.22. The summed E-state index contributed by atoms with van der Waals surface area (Å²) in [5.41, 5.74) is 0.529. The van der Waals surface area contributed by atoms with Crippen LogP contribution in [0.1, 0.15) is 28.1 Å². The highest BCUT2D eigenvalue weighted by Gasteiger charge is 2.33. The van der Waals surface area contributed by atoms with E-state index >= 15 is 0 Å². The number of halogens is 2. The third-order valence-corrected chi connectivity index (χ3v) is 4.79. The SMILES string of the molecule is O=C(c1ccc(F)c(Br)c1)N(Cc1cccs1)C1CC1. The molecule has 2 nitrogen and oxygen atoms in total. The van der Waals surface area contributed by atoms with Gasteiger partial charge in [0.2, 0.25) is 0 Å². The van der Waals surface area contributed by atoms with Crippen LogP contribution >= 0.6 is 27.3 Å². The average Bonchev–Trinajstić information content (AvgIpc) is 3.15. The fourth-order valence-electron chi connectivity index (χ4n) is 2.12. The summed E-state index contributed by atoms with van der Waals surface area (Å²) < 4.78 is 13.6. The summed E-state index contributed by atoms with van der Waals surface area (Å²) in [7, 11) is 0. The maximum absolute atomic E-state index is 13.3. The molecule has 3 rings (SSSR count). The van der Waals surface area contributed by atoms with Gasteiger partial charge in [0.05, 0.1) is 11.0 Å². The smallest absolute Gasteiger partial charge is 0.254 e. The van der Waals surface area contributed by atoms with Crippen molar-refractivity contribution < 1.29 is 9.18 Å². The first-order chi connectivity index (χ1) is 9.65. The lowest BCUT2D eigenvalue weighted by Crippen LogP contribution is -2.32.